The molecule has 84 valence electrons. The average Bonchev–Trinajstić information content (AvgIpc) is 2.30. The Bertz CT molecular complexity index is 708. The maximum atomic E-state index is 11.2. The molecule has 0 aromatic rings. The number of hydrogen-bond acceptors (Lipinski definition) is 5. The van der Waals surface area contributed by atoms with Gasteiger partial charge in [-0.15, -0.1) is 0 Å². The normalized spacial score (nSPS) is 52.1. The third-order valence-electron chi connectivity index (χ3n) is 0.829. The first-order chi connectivity index (χ1) is 11.8. The summed E-state index contributed by atoms with van der Waals surface area (Å²) in [5.74, 6) is 0. The zero-order chi connectivity index (χ0) is 23.0. The second kappa shape index (κ2) is 5.65. The Kier molecular flexibility index (Phi) is 1.19. The van der Waals surface area contributed by atoms with E-state index in [2.05, 4.69) is 8.92 Å². The van der Waals surface area contributed by atoms with Crippen molar-refractivity contribution in [3.8, 4) is 0 Å². The van der Waals surface area contributed by atoms with Crippen molar-refractivity contribution >= 4 is 10.1 Å². The highest BCUT2D eigenvalue weighted by Crippen LogP contribution is 1.98. The molecule has 0 atom stereocenters. The first-order valence-electron chi connectivity index (χ1n) is 10.2. The number of ether oxygens (including phenoxy) is 1. The highest BCUT2D eigenvalue weighted by molar-refractivity contribution is 7.85. The van der Waals surface area contributed by atoms with Crippen LogP contribution in [-0.4, -0.2) is 58.7 Å². The van der Waals surface area contributed by atoms with E-state index in [1.165, 1.54) is 0 Å². The van der Waals surface area contributed by atoms with Crippen molar-refractivity contribution in [2.45, 2.75) is 6.37 Å². The fourth-order valence-corrected chi connectivity index (χ4v) is 0.615. The van der Waals surface area contributed by atoms with Crippen LogP contribution in [0.3, 0.4) is 0 Å². The van der Waals surface area contributed by atoms with Crippen LogP contribution < -0.4 is 0 Å². The molecule has 0 radical (unpaired) electrons. The fourth-order valence-electron chi connectivity index (χ4n) is 0.422. The first kappa shape index (κ1) is 2.94. The molecule has 0 aliphatic carbocycles. The molecule has 0 aromatic carbocycles. The molecule has 1 aliphatic rings. The van der Waals surface area contributed by atoms with Crippen LogP contribution in [0.5, 0.6) is 0 Å². The lowest BCUT2D eigenvalue weighted by molar-refractivity contribution is 0.0359. The van der Waals surface area contributed by atoms with Gasteiger partial charge < -0.3 is 4.74 Å². The van der Waals surface area contributed by atoms with Crippen LogP contribution in [0.25, 0.3) is 0 Å². The summed E-state index contributed by atoms with van der Waals surface area (Å²) in [5.41, 5.74) is 0. The van der Waals surface area contributed by atoms with Gasteiger partial charge in [0.25, 0.3) is 10.1 Å². The topological polar surface area (TPSA) is 55.8 Å². The number of morpholine rings is 1. The smallest absolute Gasteiger partial charge is 0.264 e. The third kappa shape index (κ3) is 5.54. The lowest BCUT2D eigenvalue weighted by atomic mass is 10.3. The van der Waals surface area contributed by atoms with Crippen molar-refractivity contribution in [2.24, 2.45) is 0 Å². The van der Waals surface area contributed by atoms with E-state index >= 15 is 0 Å². The van der Waals surface area contributed by atoms with E-state index in [-0.39, 0.29) is 0 Å². The van der Waals surface area contributed by atoms with Crippen molar-refractivity contribution in [1.82, 2.24) is 4.90 Å². The van der Waals surface area contributed by atoms with Crippen LogP contribution in [0.15, 0.2) is 0 Å². The van der Waals surface area contributed by atoms with Crippen LogP contribution in [-0.2, 0) is 19.0 Å². The van der Waals surface area contributed by atoms with E-state index in [9.17, 15) is 8.42 Å². The van der Waals surface area contributed by atoms with E-state index in [0.717, 1.165) is 0 Å². The van der Waals surface area contributed by atoms with Crippen LogP contribution in [0.4, 0.5) is 0 Å². The molecule has 5 nitrogen and oxygen atoms in total. The fraction of sp³-hybridized carbons (Fsp3) is 1.00. The Labute approximate surface area is 105 Å². The largest absolute Gasteiger partial charge is 0.379 e. The van der Waals surface area contributed by atoms with Gasteiger partial charge >= 0.3 is 0 Å². The van der Waals surface area contributed by atoms with Gasteiger partial charge in [0, 0.05) is 30.5 Å². The van der Waals surface area contributed by atoms with E-state index in [0.29, 0.717) is 6.26 Å². The summed E-state index contributed by atoms with van der Waals surface area (Å²) < 4.78 is 138. The van der Waals surface area contributed by atoms with Gasteiger partial charge in [-0.05, 0) is 6.37 Å². The zero-order valence-electron chi connectivity index (χ0n) is 21.0. The molecule has 0 unspecified atom stereocenters. The van der Waals surface area contributed by atoms with E-state index in [1.807, 2.05) is 0 Å². The Morgan fingerprint density at radius 1 is 1.57 bits per heavy atom. The minimum absolute atomic E-state index is 0.320. The summed E-state index contributed by atoms with van der Waals surface area (Å²) in [5, 5.41) is 0. The molecule has 0 aromatic heterocycles. The van der Waals surface area contributed by atoms with Gasteiger partial charge in [-0.3, -0.25) is 9.08 Å². The summed E-state index contributed by atoms with van der Waals surface area (Å²) in [6.07, 6.45) is -3.85. The van der Waals surface area contributed by atoms with Crippen molar-refractivity contribution in [3.63, 3.8) is 0 Å². The van der Waals surface area contributed by atoms with Crippen LogP contribution in [0, 0.1) is 0 Å². The van der Waals surface area contributed by atoms with Crippen LogP contribution >= 0.6 is 0 Å². The molecular weight excluding hydrogens is 206 g/mol. The van der Waals surface area contributed by atoms with Crippen molar-refractivity contribution in [2.75, 3.05) is 45.4 Å². The van der Waals surface area contributed by atoms with Gasteiger partial charge in [0.2, 0.25) is 0 Å². The van der Waals surface area contributed by atoms with Gasteiger partial charge in [0.1, 0.15) is 0 Å². The first-order valence-corrected chi connectivity index (χ1v) is 5.01. The number of hydrogen-bond donors (Lipinski definition) is 0. The molecule has 0 spiro atoms. The molecule has 1 saturated heterocycles. The Morgan fingerprint density at radius 2 is 2.21 bits per heavy atom. The van der Waals surface area contributed by atoms with E-state index in [4.69, 9.17) is 19.2 Å². The zero-order valence-corrected chi connectivity index (χ0v) is 7.80. The lowest BCUT2D eigenvalue weighted by Gasteiger charge is -2.26. The summed E-state index contributed by atoms with van der Waals surface area (Å²) in [4.78, 5) is -0.833. The molecule has 0 saturated carbocycles. The molecule has 1 heterocycles. The van der Waals surface area contributed by atoms with Crippen LogP contribution in [0.1, 0.15) is 25.6 Å². The van der Waals surface area contributed by atoms with Gasteiger partial charge in [-0.25, -0.2) is 0 Å². The molecule has 0 amide bonds. The Morgan fingerprint density at radius 3 is 2.79 bits per heavy atom. The molecule has 0 N–H and O–H groups in total. The second-order valence-corrected chi connectivity index (χ2v) is 3.57. The van der Waals surface area contributed by atoms with E-state index < -0.39 is 60.6 Å². The number of nitrogens with zero attached hydrogens (tertiary/aromatic N) is 1. The highest BCUT2D eigenvalue weighted by atomic mass is 32.2. The third-order valence-corrected chi connectivity index (χ3v) is 1.21. The average molecular weight is 237 g/mol. The number of rotatable bonds is 5. The molecule has 0 bridgehead atoms. The summed E-state index contributed by atoms with van der Waals surface area (Å²) >= 11 is 0. The molecular formula is C8H17NO4S. The van der Waals surface area contributed by atoms with E-state index in [1.54, 1.807) is 0 Å². The molecule has 6 heteroatoms. The molecule has 14 heavy (non-hydrogen) atoms. The maximum absolute atomic E-state index is 11.2. The maximum Gasteiger partial charge on any atom is 0.264 e. The minimum Gasteiger partial charge on any atom is -0.379 e. The van der Waals surface area contributed by atoms with Gasteiger partial charge in [0.15, 0.2) is 0 Å². The van der Waals surface area contributed by atoms with Gasteiger partial charge in [-0.1, -0.05) is 0 Å². The summed E-state index contributed by atoms with van der Waals surface area (Å²) in [6, 6.07) is 0. The van der Waals surface area contributed by atoms with Gasteiger partial charge in [0.05, 0.1) is 34.2 Å². The second-order valence-electron chi connectivity index (χ2n) is 1.99. The van der Waals surface area contributed by atoms with Crippen molar-refractivity contribution in [1.29, 1.82) is 0 Å². The SMILES string of the molecule is [2H]C1([2H])OC([2H])([2H])C([2H])([2H])N(C([2H])([2H])C([2H])([2H])C([2H])([2H])OS(C)(=O)=O)C1([2H])[2H]. The van der Waals surface area contributed by atoms with Crippen molar-refractivity contribution < 1.29 is 36.5 Å². The minimum atomic E-state index is -4.72. The summed E-state index contributed by atoms with van der Waals surface area (Å²) in [7, 11) is -4.72. The predicted octanol–water partition coefficient (Wildman–Crippen LogP) is -0.315. The highest BCUT2D eigenvalue weighted by Gasteiger charge is 2.09. The molecule has 1 fully saturated rings. The quantitative estimate of drug-likeness (QED) is 0.614. The monoisotopic (exact) mass is 237 g/mol. The van der Waals surface area contributed by atoms with Crippen LogP contribution in [0.2, 0.25) is 0 Å². The Balaban J connectivity index is 3.75. The standard InChI is InChI=1S/C8H17NO4S/c1-14(10,11)13-6-2-3-9-4-7-12-8-5-9/h2-8H2,1H3/i2D2,3D2,4D2,5D2,6D2,7D2,8D2. The van der Waals surface area contributed by atoms with Crippen molar-refractivity contribution in [3.05, 3.63) is 0 Å². The predicted molar refractivity (Wildman–Crippen MR) is 52.7 cm³/mol. The van der Waals surface area contributed by atoms with Gasteiger partial charge in [-0.2, -0.15) is 8.42 Å². The lowest BCUT2D eigenvalue weighted by Crippen LogP contribution is -2.37. The molecule has 1 aliphatic heterocycles. The Hall–Kier alpha value is -0.170. The molecule has 1 rings (SSSR count). The summed E-state index contributed by atoms with van der Waals surface area (Å²) in [6.45, 7) is -23.5.